The molecule has 1 fully saturated rings. The summed E-state index contributed by atoms with van der Waals surface area (Å²) in [6.45, 7) is 12.0. The highest BCUT2D eigenvalue weighted by Gasteiger charge is 2.25. The minimum atomic E-state index is 0.0920. The minimum absolute atomic E-state index is 0.0920. The summed E-state index contributed by atoms with van der Waals surface area (Å²) < 4.78 is 5.62. The number of morpholine rings is 1. The molecule has 1 unspecified atom stereocenters. The second-order valence-corrected chi connectivity index (χ2v) is 7.09. The van der Waals surface area contributed by atoms with Crippen LogP contribution in [0.4, 0.5) is 5.69 Å². The fourth-order valence-corrected chi connectivity index (χ4v) is 2.97. The molecule has 1 atom stereocenters. The molecular formula is C17H27ClN2O. The zero-order chi connectivity index (χ0) is 15.5. The van der Waals surface area contributed by atoms with Crippen molar-refractivity contribution < 1.29 is 4.74 Å². The Morgan fingerprint density at radius 2 is 2.14 bits per heavy atom. The lowest BCUT2D eigenvalue weighted by atomic mass is 10.0. The molecule has 1 aromatic rings. The van der Waals surface area contributed by atoms with Crippen LogP contribution < -0.4 is 10.2 Å². The third kappa shape index (κ3) is 4.35. The summed E-state index contributed by atoms with van der Waals surface area (Å²) in [5.74, 6) is 0. The Kier molecular flexibility index (Phi) is 5.53. The van der Waals surface area contributed by atoms with Gasteiger partial charge in [-0.05, 0) is 38.8 Å². The molecule has 0 radical (unpaired) electrons. The van der Waals surface area contributed by atoms with E-state index >= 15 is 0 Å². The van der Waals surface area contributed by atoms with Crippen molar-refractivity contribution in [2.75, 3.05) is 24.7 Å². The minimum Gasteiger partial charge on any atom is -0.377 e. The molecule has 0 aliphatic carbocycles. The Labute approximate surface area is 133 Å². The van der Waals surface area contributed by atoms with E-state index in [0.29, 0.717) is 6.04 Å². The molecule has 1 aliphatic rings. The van der Waals surface area contributed by atoms with Gasteiger partial charge in [0.2, 0.25) is 0 Å². The molecule has 2 rings (SSSR count). The average molecular weight is 311 g/mol. The fraction of sp³-hybridized carbons (Fsp3) is 0.647. The summed E-state index contributed by atoms with van der Waals surface area (Å²) in [7, 11) is 0. The van der Waals surface area contributed by atoms with E-state index in [2.05, 4.69) is 44.0 Å². The van der Waals surface area contributed by atoms with Crippen molar-refractivity contribution in [2.24, 2.45) is 0 Å². The molecule has 1 aliphatic heterocycles. The highest BCUT2D eigenvalue weighted by atomic mass is 35.5. The molecule has 1 heterocycles. The predicted molar refractivity (Wildman–Crippen MR) is 90.3 cm³/mol. The SMILES string of the molecule is CCC1COCCN1c1c(Cl)cccc1CNC(C)(C)C. The number of rotatable bonds is 4. The first-order valence-corrected chi connectivity index (χ1v) is 8.17. The molecule has 21 heavy (non-hydrogen) atoms. The molecule has 118 valence electrons. The first-order valence-electron chi connectivity index (χ1n) is 7.79. The first kappa shape index (κ1) is 16.6. The Bertz CT molecular complexity index is 470. The standard InChI is InChI=1S/C17H27ClN2O/c1-5-14-12-21-10-9-20(14)16-13(7-6-8-15(16)18)11-19-17(2,3)4/h6-8,14,19H,5,9-12H2,1-4H3. The molecule has 1 N–H and O–H groups in total. The molecule has 0 bridgehead atoms. The van der Waals surface area contributed by atoms with Crippen LogP contribution in [0.15, 0.2) is 18.2 Å². The van der Waals surface area contributed by atoms with Gasteiger partial charge in [-0.2, -0.15) is 0 Å². The van der Waals surface area contributed by atoms with Crippen LogP contribution in [-0.4, -0.2) is 31.3 Å². The van der Waals surface area contributed by atoms with E-state index in [9.17, 15) is 0 Å². The predicted octanol–water partition coefficient (Wildman–Crippen LogP) is 3.84. The molecule has 4 heteroatoms. The van der Waals surface area contributed by atoms with Crippen LogP contribution >= 0.6 is 11.6 Å². The number of hydrogen-bond acceptors (Lipinski definition) is 3. The lowest BCUT2D eigenvalue weighted by Crippen LogP contribution is -2.46. The molecule has 0 saturated carbocycles. The third-order valence-electron chi connectivity index (χ3n) is 3.87. The number of para-hydroxylation sites is 1. The van der Waals surface area contributed by atoms with Gasteiger partial charge in [0.15, 0.2) is 0 Å². The smallest absolute Gasteiger partial charge is 0.0670 e. The molecule has 0 spiro atoms. The number of nitrogens with one attached hydrogen (secondary N) is 1. The van der Waals surface area contributed by atoms with Crippen molar-refractivity contribution >= 4 is 17.3 Å². The zero-order valence-corrected chi connectivity index (χ0v) is 14.3. The lowest BCUT2D eigenvalue weighted by Gasteiger charge is -2.39. The first-order chi connectivity index (χ1) is 9.92. The topological polar surface area (TPSA) is 24.5 Å². The Morgan fingerprint density at radius 1 is 1.38 bits per heavy atom. The van der Waals surface area contributed by atoms with Gasteiger partial charge in [0.25, 0.3) is 0 Å². The highest BCUT2D eigenvalue weighted by Crippen LogP contribution is 2.33. The number of benzene rings is 1. The summed E-state index contributed by atoms with van der Waals surface area (Å²) >= 11 is 6.52. The van der Waals surface area contributed by atoms with Gasteiger partial charge in [-0.25, -0.2) is 0 Å². The number of nitrogens with zero attached hydrogens (tertiary/aromatic N) is 1. The van der Waals surface area contributed by atoms with Crippen molar-refractivity contribution in [3.8, 4) is 0 Å². The number of hydrogen-bond donors (Lipinski definition) is 1. The van der Waals surface area contributed by atoms with E-state index in [0.717, 1.165) is 37.7 Å². The van der Waals surface area contributed by atoms with E-state index in [1.165, 1.54) is 11.3 Å². The van der Waals surface area contributed by atoms with Crippen LogP contribution in [0.25, 0.3) is 0 Å². The lowest BCUT2D eigenvalue weighted by molar-refractivity contribution is 0.0929. The molecule has 0 amide bonds. The zero-order valence-electron chi connectivity index (χ0n) is 13.6. The summed E-state index contributed by atoms with van der Waals surface area (Å²) in [6.07, 6.45) is 1.07. The van der Waals surface area contributed by atoms with Crippen molar-refractivity contribution in [2.45, 2.75) is 52.2 Å². The quantitative estimate of drug-likeness (QED) is 0.914. The van der Waals surface area contributed by atoms with Gasteiger partial charge in [0.1, 0.15) is 0 Å². The van der Waals surface area contributed by atoms with Crippen LogP contribution in [-0.2, 0) is 11.3 Å². The Hall–Kier alpha value is -0.770. The van der Waals surface area contributed by atoms with Gasteiger partial charge >= 0.3 is 0 Å². The van der Waals surface area contributed by atoms with Crippen molar-refractivity contribution in [1.29, 1.82) is 0 Å². The van der Waals surface area contributed by atoms with Gasteiger partial charge < -0.3 is 15.0 Å². The van der Waals surface area contributed by atoms with Crippen LogP contribution in [0.5, 0.6) is 0 Å². The van der Waals surface area contributed by atoms with E-state index in [4.69, 9.17) is 16.3 Å². The second kappa shape index (κ2) is 6.99. The average Bonchev–Trinajstić information content (AvgIpc) is 2.44. The van der Waals surface area contributed by atoms with Crippen LogP contribution in [0, 0.1) is 0 Å². The maximum atomic E-state index is 6.52. The largest absolute Gasteiger partial charge is 0.377 e. The second-order valence-electron chi connectivity index (χ2n) is 6.68. The summed E-state index contributed by atoms with van der Waals surface area (Å²) in [5, 5.41) is 4.40. The molecular weight excluding hydrogens is 284 g/mol. The summed E-state index contributed by atoms with van der Waals surface area (Å²) in [4.78, 5) is 2.42. The van der Waals surface area contributed by atoms with E-state index in [1.54, 1.807) is 0 Å². The van der Waals surface area contributed by atoms with Gasteiger partial charge in [-0.3, -0.25) is 0 Å². The number of halogens is 1. The number of ether oxygens (including phenoxy) is 1. The van der Waals surface area contributed by atoms with Crippen LogP contribution in [0.1, 0.15) is 39.7 Å². The van der Waals surface area contributed by atoms with Crippen molar-refractivity contribution in [1.82, 2.24) is 5.32 Å². The Balaban J connectivity index is 2.28. The molecule has 1 saturated heterocycles. The summed E-state index contributed by atoms with van der Waals surface area (Å²) in [5.41, 5.74) is 2.53. The maximum Gasteiger partial charge on any atom is 0.0670 e. The van der Waals surface area contributed by atoms with Crippen LogP contribution in [0.2, 0.25) is 5.02 Å². The number of anilines is 1. The third-order valence-corrected chi connectivity index (χ3v) is 4.17. The molecule has 0 aromatic heterocycles. The molecule has 3 nitrogen and oxygen atoms in total. The van der Waals surface area contributed by atoms with Crippen molar-refractivity contribution in [3.63, 3.8) is 0 Å². The maximum absolute atomic E-state index is 6.52. The van der Waals surface area contributed by atoms with Gasteiger partial charge in [0.05, 0.1) is 30.0 Å². The molecule has 1 aromatic carbocycles. The van der Waals surface area contributed by atoms with Crippen LogP contribution in [0.3, 0.4) is 0 Å². The Morgan fingerprint density at radius 3 is 2.81 bits per heavy atom. The normalized spacial score (nSPS) is 19.9. The highest BCUT2D eigenvalue weighted by molar-refractivity contribution is 6.33. The summed E-state index contributed by atoms with van der Waals surface area (Å²) in [6, 6.07) is 6.60. The van der Waals surface area contributed by atoms with E-state index < -0.39 is 0 Å². The fourth-order valence-electron chi connectivity index (χ4n) is 2.67. The van der Waals surface area contributed by atoms with E-state index in [1.807, 2.05) is 12.1 Å². The van der Waals surface area contributed by atoms with Gasteiger partial charge in [-0.15, -0.1) is 0 Å². The monoisotopic (exact) mass is 310 g/mol. The van der Waals surface area contributed by atoms with Gasteiger partial charge in [0, 0.05) is 18.6 Å². The van der Waals surface area contributed by atoms with Crippen molar-refractivity contribution in [3.05, 3.63) is 28.8 Å². The van der Waals surface area contributed by atoms with E-state index in [-0.39, 0.29) is 5.54 Å². The van der Waals surface area contributed by atoms with Gasteiger partial charge in [-0.1, -0.05) is 30.7 Å².